The van der Waals surface area contributed by atoms with Crippen molar-refractivity contribution in [2.45, 2.75) is 37.8 Å². The fraction of sp³-hybridized carbons (Fsp3) is 0.727. The van der Waals surface area contributed by atoms with Crippen LogP contribution in [0.25, 0.3) is 0 Å². The maximum absolute atomic E-state index is 5.38. The number of nitrogens with one attached hydrogen (secondary N) is 1. The monoisotopic (exact) mass is 224 g/mol. The minimum absolute atomic E-state index is 0.560. The van der Waals surface area contributed by atoms with E-state index in [0.29, 0.717) is 5.92 Å². The van der Waals surface area contributed by atoms with Gasteiger partial charge in [0, 0.05) is 36.2 Å². The number of thiazole rings is 1. The van der Waals surface area contributed by atoms with Crippen molar-refractivity contribution in [2.75, 3.05) is 13.2 Å². The Labute approximate surface area is 93.9 Å². The van der Waals surface area contributed by atoms with E-state index >= 15 is 0 Å². The molecule has 1 aromatic rings. The fourth-order valence-corrected chi connectivity index (χ4v) is 2.84. The van der Waals surface area contributed by atoms with Crippen molar-refractivity contribution in [3.8, 4) is 0 Å². The maximum atomic E-state index is 5.38. The lowest BCUT2D eigenvalue weighted by atomic mass is 10.1. The lowest BCUT2D eigenvalue weighted by Gasteiger charge is -2.01. The Hall–Kier alpha value is -0.450. The quantitative estimate of drug-likeness (QED) is 0.848. The summed E-state index contributed by atoms with van der Waals surface area (Å²) in [7, 11) is 0. The minimum atomic E-state index is 0.560. The summed E-state index contributed by atoms with van der Waals surface area (Å²) < 4.78 is 5.38. The van der Waals surface area contributed by atoms with E-state index in [1.165, 1.54) is 22.7 Å². The van der Waals surface area contributed by atoms with Gasteiger partial charge < -0.3 is 10.1 Å². The van der Waals surface area contributed by atoms with Crippen LogP contribution < -0.4 is 5.32 Å². The molecule has 0 bridgehead atoms. The second-order valence-electron chi connectivity index (χ2n) is 4.38. The van der Waals surface area contributed by atoms with Crippen molar-refractivity contribution in [3.05, 3.63) is 16.1 Å². The van der Waals surface area contributed by atoms with Crippen molar-refractivity contribution in [1.29, 1.82) is 0 Å². The van der Waals surface area contributed by atoms with Crippen LogP contribution in [-0.2, 0) is 11.3 Å². The summed E-state index contributed by atoms with van der Waals surface area (Å²) in [5.74, 6) is 0.560. The molecule has 0 amide bonds. The Morgan fingerprint density at radius 1 is 1.47 bits per heavy atom. The predicted octanol–water partition coefficient (Wildman–Crippen LogP) is 1.90. The van der Waals surface area contributed by atoms with Gasteiger partial charge in [0.15, 0.2) is 0 Å². The van der Waals surface area contributed by atoms with Gasteiger partial charge in [-0.3, -0.25) is 0 Å². The largest absolute Gasteiger partial charge is 0.381 e. The van der Waals surface area contributed by atoms with E-state index in [1.54, 1.807) is 0 Å². The van der Waals surface area contributed by atoms with Gasteiger partial charge in [-0.15, -0.1) is 11.3 Å². The van der Waals surface area contributed by atoms with Crippen molar-refractivity contribution in [3.63, 3.8) is 0 Å². The molecule has 1 N–H and O–H groups in total. The number of nitrogens with zero attached hydrogens (tertiary/aromatic N) is 1. The van der Waals surface area contributed by atoms with Crippen LogP contribution in [0.2, 0.25) is 0 Å². The zero-order valence-corrected chi connectivity index (χ0v) is 9.55. The minimum Gasteiger partial charge on any atom is -0.381 e. The van der Waals surface area contributed by atoms with E-state index < -0.39 is 0 Å². The summed E-state index contributed by atoms with van der Waals surface area (Å²) in [6.45, 7) is 2.76. The maximum Gasteiger partial charge on any atom is 0.0982 e. The molecule has 1 aromatic heterocycles. The van der Waals surface area contributed by atoms with Crippen LogP contribution in [0.1, 0.15) is 35.1 Å². The van der Waals surface area contributed by atoms with Crippen LogP contribution in [0.3, 0.4) is 0 Å². The van der Waals surface area contributed by atoms with Gasteiger partial charge in [0.2, 0.25) is 0 Å². The Bertz CT molecular complexity index is 329. The molecule has 1 aliphatic heterocycles. The van der Waals surface area contributed by atoms with Gasteiger partial charge >= 0.3 is 0 Å². The van der Waals surface area contributed by atoms with Gasteiger partial charge in [-0.05, 0) is 19.3 Å². The molecule has 4 heteroatoms. The lowest BCUT2D eigenvalue weighted by Crippen LogP contribution is -2.14. The molecule has 15 heavy (non-hydrogen) atoms. The zero-order chi connectivity index (χ0) is 10.1. The highest BCUT2D eigenvalue weighted by Gasteiger charge is 2.22. The standard InChI is InChI=1S/C11H16N2OS/c1-2-9(1)12-5-10-6-13-11(15-10)8-3-4-14-7-8/h6,8-9,12H,1-5,7H2. The molecular weight excluding hydrogens is 208 g/mol. The normalized spacial score (nSPS) is 26.0. The Balaban J connectivity index is 1.59. The van der Waals surface area contributed by atoms with Crippen molar-refractivity contribution < 1.29 is 4.74 Å². The van der Waals surface area contributed by atoms with E-state index in [1.807, 2.05) is 17.5 Å². The summed E-state index contributed by atoms with van der Waals surface area (Å²) in [6, 6.07) is 0.783. The average Bonchev–Trinajstić information content (AvgIpc) is 2.78. The molecule has 1 atom stereocenters. The van der Waals surface area contributed by atoms with Crippen LogP contribution in [0.4, 0.5) is 0 Å². The molecule has 3 rings (SSSR count). The molecule has 1 saturated carbocycles. The second-order valence-corrected chi connectivity index (χ2v) is 5.53. The second kappa shape index (κ2) is 4.20. The average molecular weight is 224 g/mol. The fourth-order valence-electron chi connectivity index (χ4n) is 1.85. The van der Waals surface area contributed by atoms with Crippen LogP contribution in [0.5, 0.6) is 0 Å². The first-order chi connectivity index (χ1) is 7.42. The molecule has 2 fully saturated rings. The molecule has 2 aliphatic rings. The summed E-state index contributed by atoms with van der Waals surface area (Å²) in [5.41, 5.74) is 0. The number of ether oxygens (including phenoxy) is 1. The van der Waals surface area contributed by atoms with Crippen LogP contribution in [-0.4, -0.2) is 24.2 Å². The van der Waals surface area contributed by atoms with Crippen LogP contribution in [0.15, 0.2) is 6.20 Å². The van der Waals surface area contributed by atoms with Crippen molar-refractivity contribution in [1.82, 2.24) is 10.3 Å². The Morgan fingerprint density at radius 3 is 3.13 bits per heavy atom. The lowest BCUT2D eigenvalue weighted by molar-refractivity contribution is 0.194. The molecule has 1 unspecified atom stereocenters. The number of rotatable bonds is 4. The molecule has 0 spiro atoms. The van der Waals surface area contributed by atoms with E-state index in [4.69, 9.17) is 4.74 Å². The van der Waals surface area contributed by atoms with Gasteiger partial charge in [0.25, 0.3) is 0 Å². The predicted molar refractivity (Wildman–Crippen MR) is 60.2 cm³/mol. The van der Waals surface area contributed by atoms with Gasteiger partial charge in [-0.25, -0.2) is 4.98 Å². The first kappa shape index (κ1) is 9.75. The van der Waals surface area contributed by atoms with Crippen molar-refractivity contribution in [2.24, 2.45) is 0 Å². The number of hydrogen-bond donors (Lipinski definition) is 1. The summed E-state index contributed by atoms with van der Waals surface area (Å²) in [5, 5.41) is 4.78. The smallest absolute Gasteiger partial charge is 0.0982 e. The molecule has 3 nitrogen and oxygen atoms in total. The van der Waals surface area contributed by atoms with Gasteiger partial charge in [0.05, 0.1) is 11.6 Å². The summed E-state index contributed by atoms with van der Waals surface area (Å²) in [4.78, 5) is 5.86. The third-order valence-corrected chi connectivity index (χ3v) is 4.15. The first-order valence-electron chi connectivity index (χ1n) is 5.67. The summed E-state index contributed by atoms with van der Waals surface area (Å²) >= 11 is 1.85. The van der Waals surface area contributed by atoms with Gasteiger partial charge in [-0.1, -0.05) is 0 Å². The molecule has 1 saturated heterocycles. The van der Waals surface area contributed by atoms with E-state index in [0.717, 1.165) is 32.2 Å². The summed E-state index contributed by atoms with van der Waals surface area (Å²) in [6.07, 6.45) is 5.86. The number of aromatic nitrogens is 1. The van der Waals surface area contributed by atoms with Crippen LogP contribution in [0, 0.1) is 0 Å². The Kier molecular flexibility index (Phi) is 2.73. The SMILES string of the molecule is c1nc(C2CCOC2)sc1CNC1CC1. The third kappa shape index (κ3) is 2.38. The zero-order valence-electron chi connectivity index (χ0n) is 8.74. The molecule has 2 heterocycles. The molecule has 82 valence electrons. The molecule has 1 aliphatic carbocycles. The van der Waals surface area contributed by atoms with Gasteiger partial charge in [0.1, 0.15) is 0 Å². The van der Waals surface area contributed by atoms with E-state index in [-0.39, 0.29) is 0 Å². The van der Waals surface area contributed by atoms with E-state index in [9.17, 15) is 0 Å². The molecular formula is C11H16N2OS. The number of hydrogen-bond acceptors (Lipinski definition) is 4. The van der Waals surface area contributed by atoms with Crippen molar-refractivity contribution >= 4 is 11.3 Å². The topological polar surface area (TPSA) is 34.1 Å². The Morgan fingerprint density at radius 2 is 2.40 bits per heavy atom. The first-order valence-corrected chi connectivity index (χ1v) is 6.49. The molecule has 0 aromatic carbocycles. The van der Waals surface area contributed by atoms with Gasteiger partial charge in [-0.2, -0.15) is 0 Å². The van der Waals surface area contributed by atoms with Crippen LogP contribution >= 0.6 is 11.3 Å². The van der Waals surface area contributed by atoms with E-state index in [2.05, 4.69) is 10.3 Å². The highest BCUT2D eigenvalue weighted by molar-refractivity contribution is 7.11. The molecule has 0 radical (unpaired) electrons. The third-order valence-electron chi connectivity index (χ3n) is 2.99. The highest BCUT2D eigenvalue weighted by atomic mass is 32.1. The highest BCUT2D eigenvalue weighted by Crippen LogP contribution is 2.29.